The number of para-hydroxylation sites is 2. The van der Waals surface area contributed by atoms with Crippen molar-refractivity contribution in [1.82, 2.24) is 9.55 Å². The van der Waals surface area contributed by atoms with Gasteiger partial charge in [-0.2, -0.15) is 0 Å². The molecule has 27 heavy (non-hydrogen) atoms. The SMILES string of the molecule is CCCCCCn1c(SC2OC(CO)C(O)C(O)C2O)nc2ccccc21. The second kappa shape index (κ2) is 9.36. The minimum atomic E-state index is -1.38. The number of aryl methyl sites for hydroxylation is 1. The largest absolute Gasteiger partial charge is 0.394 e. The molecule has 150 valence electrons. The van der Waals surface area contributed by atoms with Crippen LogP contribution in [0.4, 0.5) is 0 Å². The van der Waals surface area contributed by atoms with Crippen LogP contribution < -0.4 is 0 Å². The third-order valence-corrected chi connectivity index (χ3v) is 6.07. The lowest BCUT2D eigenvalue weighted by atomic mass is 10.0. The predicted octanol–water partition coefficient (Wildman–Crippen LogP) is 1.51. The summed E-state index contributed by atoms with van der Waals surface area (Å²) in [7, 11) is 0. The topological polar surface area (TPSA) is 108 Å². The quantitative estimate of drug-likeness (QED) is 0.501. The van der Waals surface area contributed by atoms with E-state index in [2.05, 4.69) is 16.5 Å². The Kier molecular flexibility index (Phi) is 7.13. The number of unbranched alkanes of at least 4 members (excludes halogenated alkanes) is 3. The van der Waals surface area contributed by atoms with Crippen LogP contribution in [0, 0.1) is 0 Å². The van der Waals surface area contributed by atoms with Crippen LogP contribution in [0.25, 0.3) is 11.0 Å². The summed E-state index contributed by atoms with van der Waals surface area (Å²) in [5.41, 5.74) is 1.05. The zero-order chi connectivity index (χ0) is 19.4. The molecule has 0 bridgehead atoms. The molecule has 8 heteroatoms. The van der Waals surface area contributed by atoms with E-state index in [-0.39, 0.29) is 0 Å². The Labute approximate surface area is 163 Å². The molecule has 7 nitrogen and oxygen atoms in total. The van der Waals surface area contributed by atoms with Crippen molar-refractivity contribution in [2.45, 2.75) is 74.2 Å². The molecule has 0 spiro atoms. The normalized spacial score (nSPS) is 28.7. The van der Waals surface area contributed by atoms with Gasteiger partial charge >= 0.3 is 0 Å². The average Bonchev–Trinajstić information content (AvgIpc) is 3.03. The molecule has 0 saturated carbocycles. The summed E-state index contributed by atoms with van der Waals surface area (Å²) in [6, 6.07) is 7.85. The highest BCUT2D eigenvalue weighted by atomic mass is 32.2. The molecule has 1 aliphatic rings. The van der Waals surface area contributed by atoms with E-state index < -0.39 is 36.5 Å². The number of aliphatic hydroxyl groups is 4. The first-order valence-corrected chi connectivity index (χ1v) is 10.4. The first kappa shape index (κ1) is 20.6. The third-order valence-electron chi connectivity index (χ3n) is 4.92. The summed E-state index contributed by atoms with van der Waals surface area (Å²) < 4.78 is 7.74. The number of benzene rings is 1. The van der Waals surface area contributed by atoms with Gasteiger partial charge in [0.05, 0.1) is 17.6 Å². The Morgan fingerprint density at radius 2 is 1.85 bits per heavy atom. The van der Waals surface area contributed by atoms with Crippen molar-refractivity contribution in [2.24, 2.45) is 0 Å². The highest BCUT2D eigenvalue weighted by molar-refractivity contribution is 7.99. The molecule has 5 unspecified atom stereocenters. The van der Waals surface area contributed by atoms with Crippen LogP contribution in [-0.4, -0.2) is 66.4 Å². The van der Waals surface area contributed by atoms with Crippen molar-refractivity contribution in [3.05, 3.63) is 24.3 Å². The number of nitrogens with zero attached hydrogens (tertiary/aromatic N) is 2. The van der Waals surface area contributed by atoms with Gasteiger partial charge in [0.2, 0.25) is 0 Å². The van der Waals surface area contributed by atoms with E-state index in [1.165, 1.54) is 18.2 Å². The summed E-state index contributed by atoms with van der Waals surface area (Å²) in [6.45, 7) is 2.54. The maximum Gasteiger partial charge on any atom is 0.171 e. The zero-order valence-corrected chi connectivity index (χ0v) is 16.3. The van der Waals surface area contributed by atoms with Crippen LogP contribution in [-0.2, 0) is 11.3 Å². The van der Waals surface area contributed by atoms with Crippen molar-refractivity contribution >= 4 is 22.8 Å². The monoisotopic (exact) mass is 396 g/mol. The van der Waals surface area contributed by atoms with Gasteiger partial charge in [-0.15, -0.1) is 0 Å². The second-order valence-corrected chi connectivity index (χ2v) is 7.98. The zero-order valence-electron chi connectivity index (χ0n) is 15.4. The molecule has 3 rings (SSSR count). The highest BCUT2D eigenvalue weighted by Crippen LogP contribution is 2.34. The lowest BCUT2D eigenvalue weighted by molar-refractivity contribution is -0.205. The van der Waals surface area contributed by atoms with E-state index in [1.807, 2.05) is 24.3 Å². The van der Waals surface area contributed by atoms with Gasteiger partial charge in [0, 0.05) is 6.54 Å². The third kappa shape index (κ3) is 4.47. The van der Waals surface area contributed by atoms with Crippen LogP contribution in [0.2, 0.25) is 0 Å². The Morgan fingerprint density at radius 3 is 2.59 bits per heavy atom. The molecule has 1 saturated heterocycles. The molecular formula is C19H28N2O5S. The molecule has 1 aliphatic heterocycles. The lowest BCUT2D eigenvalue weighted by Crippen LogP contribution is -2.57. The van der Waals surface area contributed by atoms with E-state index in [1.54, 1.807) is 0 Å². The van der Waals surface area contributed by atoms with Gasteiger partial charge in [-0.25, -0.2) is 4.98 Å². The molecule has 0 radical (unpaired) electrons. The number of rotatable bonds is 8. The van der Waals surface area contributed by atoms with Crippen molar-refractivity contribution in [3.63, 3.8) is 0 Å². The predicted molar refractivity (Wildman–Crippen MR) is 103 cm³/mol. The Morgan fingerprint density at radius 1 is 1.07 bits per heavy atom. The van der Waals surface area contributed by atoms with Gasteiger partial charge in [0.15, 0.2) is 5.16 Å². The Bertz CT molecular complexity index is 738. The summed E-state index contributed by atoms with van der Waals surface area (Å²) in [5, 5.41) is 40.4. The standard InChI is InChI=1S/C19H28N2O5S/c1-2-3-4-7-10-21-13-9-6-5-8-12(13)20-19(21)27-18-17(25)16(24)15(23)14(11-22)26-18/h5-6,8-9,14-18,22-25H,2-4,7,10-11H2,1H3. The minimum Gasteiger partial charge on any atom is -0.394 e. The Hall–Kier alpha value is -1.16. The fourth-order valence-corrected chi connectivity index (χ4v) is 4.50. The number of fused-ring (bicyclic) bond motifs is 1. The maximum absolute atomic E-state index is 10.3. The van der Waals surface area contributed by atoms with Gasteiger partial charge in [-0.1, -0.05) is 50.1 Å². The number of thioether (sulfide) groups is 1. The number of aliphatic hydroxyl groups excluding tert-OH is 4. The summed E-state index contributed by atoms with van der Waals surface area (Å²) in [5.74, 6) is 0. The molecule has 1 aromatic carbocycles. The lowest BCUT2D eigenvalue weighted by Gasteiger charge is -2.39. The molecule has 2 aromatic rings. The van der Waals surface area contributed by atoms with Crippen LogP contribution in [0.15, 0.2) is 29.4 Å². The van der Waals surface area contributed by atoms with Crippen molar-refractivity contribution in [1.29, 1.82) is 0 Å². The van der Waals surface area contributed by atoms with Crippen LogP contribution >= 0.6 is 11.8 Å². The van der Waals surface area contributed by atoms with Gasteiger partial charge in [0.1, 0.15) is 29.9 Å². The van der Waals surface area contributed by atoms with Crippen LogP contribution in [0.5, 0.6) is 0 Å². The first-order valence-electron chi connectivity index (χ1n) is 9.49. The number of ether oxygens (including phenoxy) is 1. The summed E-state index contributed by atoms with van der Waals surface area (Å²) in [4.78, 5) is 4.66. The molecule has 0 amide bonds. The van der Waals surface area contributed by atoms with E-state index in [0.717, 1.165) is 36.8 Å². The number of hydrogen-bond acceptors (Lipinski definition) is 7. The summed E-state index contributed by atoms with van der Waals surface area (Å²) in [6.07, 6.45) is -0.419. The minimum absolute atomic E-state index is 0.435. The van der Waals surface area contributed by atoms with Gasteiger partial charge in [0.25, 0.3) is 0 Å². The molecule has 2 heterocycles. The van der Waals surface area contributed by atoms with Gasteiger partial charge < -0.3 is 29.7 Å². The molecule has 5 atom stereocenters. The molecule has 4 N–H and O–H groups in total. The molecule has 0 aliphatic carbocycles. The summed E-state index contributed by atoms with van der Waals surface area (Å²) >= 11 is 1.21. The number of hydrogen-bond donors (Lipinski definition) is 4. The first-order chi connectivity index (χ1) is 13.1. The van der Waals surface area contributed by atoms with Crippen molar-refractivity contribution < 1.29 is 25.2 Å². The maximum atomic E-state index is 10.3. The van der Waals surface area contributed by atoms with E-state index in [9.17, 15) is 20.4 Å². The van der Waals surface area contributed by atoms with E-state index in [4.69, 9.17) is 4.74 Å². The smallest absolute Gasteiger partial charge is 0.171 e. The van der Waals surface area contributed by atoms with Crippen LogP contribution in [0.3, 0.4) is 0 Å². The van der Waals surface area contributed by atoms with Crippen molar-refractivity contribution in [3.8, 4) is 0 Å². The van der Waals surface area contributed by atoms with Crippen molar-refractivity contribution in [2.75, 3.05) is 6.61 Å². The van der Waals surface area contributed by atoms with Gasteiger partial charge in [-0.3, -0.25) is 0 Å². The fourth-order valence-electron chi connectivity index (χ4n) is 3.32. The number of aromatic nitrogens is 2. The van der Waals surface area contributed by atoms with Gasteiger partial charge in [-0.05, 0) is 18.6 Å². The highest BCUT2D eigenvalue weighted by Gasteiger charge is 2.44. The fraction of sp³-hybridized carbons (Fsp3) is 0.632. The average molecular weight is 397 g/mol. The molecule has 1 fully saturated rings. The Balaban J connectivity index is 1.82. The second-order valence-electron chi connectivity index (χ2n) is 6.91. The molecule has 1 aromatic heterocycles. The van der Waals surface area contributed by atoms with Crippen LogP contribution in [0.1, 0.15) is 32.6 Å². The molecular weight excluding hydrogens is 368 g/mol. The van der Waals surface area contributed by atoms with E-state index >= 15 is 0 Å². The number of imidazole rings is 1. The van der Waals surface area contributed by atoms with E-state index in [0.29, 0.717) is 5.16 Å².